The van der Waals surface area contributed by atoms with E-state index in [4.69, 9.17) is 0 Å². The summed E-state index contributed by atoms with van der Waals surface area (Å²) in [5.41, 5.74) is 0.840. The number of nitrogens with one attached hydrogen (secondary N) is 1. The van der Waals surface area contributed by atoms with Crippen LogP contribution in [0.15, 0.2) is 58.3 Å². The van der Waals surface area contributed by atoms with E-state index in [1.54, 1.807) is 24.3 Å². The van der Waals surface area contributed by atoms with E-state index in [0.717, 1.165) is 16.7 Å². The van der Waals surface area contributed by atoms with Crippen molar-refractivity contribution in [1.82, 2.24) is 5.32 Å². The summed E-state index contributed by atoms with van der Waals surface area (Å²) in [4.78, 5) is 13.2. The third-order valence-electron chi connectivity index (χ3n) is 3.60. The minimum absolute atomic E-state index is 0.0886. The van der Waals surface area contributed by atoms with Gasteiger partial charge in [-0.2, -0.15) is 0 Å². The van der Waals surface area contributed by atoms with Crippen LogP contribution >= 0.6 is 11.8 Å². The molecule has 0 aliphatic heterocycles. The Hall–Kier alpha value is -1.86. The fourth-order valence-corrected chi connectivity index (χ4v) is 3.68. The van der Waals surface area contributed by atoms with Crippen molar-refractivity contribution in [2.45, 2.75) is 29.2 Å². The second kappa shape index (κ2) is 8.49. The Morgan fingerprint density at radius 2 is 1.72 bits per heavy atom. The van der Waals surface area contributed by atoms with E-state index in [2.05, 4.69) is 5.32 Å². The molecule has 0 saturated heterocycles. The lowest BCUT2D eigenvalue weighted by Gasteiger charge is -2.14. The number of hydrogen-bond acceptors (Lipinski definition) is 4. The highest BCUT2D eigenvalue weighted by atomic mass is 32.2. The molecular weight excluding hydrogens is 361 g/mol. The highest BCUT2D eigenvalue weighted by Gasteiger charge is 2.12. The molecule has 0 spiro atoms. The summed E-state index contributed by atoms with van der Waals surface area (Å²) >= 11 is 1.49. The van der Waals surface area contributed by atoms with Gasteiger partial charge in [0.1, 0.15) is 5.82 Å². The van der Waals surface area contributed by atoms with Crippen molar-refractivity contribution in [3.05, 3.63) is 59.9 Å². The molecule has 1 N–H and O–H groups in total. The maximum absolute atomic E-state index is 12.8. The standard InChI is InChI=1S/C18H20FNO3S2/c1-13(14-3-9-17(10-4-14)25(2,22)23)20-18(21)11-12-24-16-7-5-15(19)6-8-16/h3-10,13H,11-12H2,1-2H3,(H,20,21). The molecule has 0 heterocycles. The SMILES string of the molecule is CC(NC(=O)CCSc1ccc(F)cc1)c1ccc(S(C)(=O)=O)cc1. The number of benzene rings is 2. The molecule has 1 amide bonds. The van der Waals surface area contributed by atoms with Gasteiger partial charge < -0.3 is 5.32 Å². The third kappa shape index (κ3) is 6.17. The first-order valence-corrected chi connectivity index (χ1v) is 10.6. The topological polar surface area (TPSA) is 63.2 Å². The predicted octanol–water partition coefficient (Wildman–Crippen LogP) is 3.59. The van der Waals surface area contributed by atoms with E-state index in [1.807, 2.05) is 6.92 Å². The molecule has 1 atom stereocenters. The van der Waals surface area contributed by atoms with Crippen LogP contribution in [0.5, 0.6) is 0 Å². The van der Waals surface area contributed by atoms with Crippen molar-refractivity contribution in [1.29, 1.82) is 0 Å². The summed E-state index contributed by atoms with van der Waals surface area (Å²) < 4.78 is 35.7. The zero-order valence-corrected chi connectivity index (χ0v) is 15.7. The average molecular weight is 381 g/mol. The summed E-state index contributed by atoms with van der Waals surface area (Å²) in [6.45, 7) is 1.85. The van der Waals surface area contributed by atoms with Crippen LogP contribution in [-0.2, 0) is 14.6 Å². The molecule has 2 aromatic rings. The normalized spacial score (nSPS) is 12.6. The Balaban J connectivity index is 1.82. The lowest BCUT2D eigenvalue weighted by molar-refractivity contribution is -0.121. The summed E-state index contributed by atoms with van der Waals surface area (Å²) in [5.74, 6) is 0.226. The maximum atomic E-state index is 12.8. The Labute approximate surface area is 151 Å². The molecule has 4 nitrogen and oxygen atoms in total. The molecule has 2 aromatic carbocycles. The van der Waals surface area contributed by atoms with Gasteiger partial charge in [-0.05, 0) is 48.9 Å². The van der Waals surface area contributed by atoms with Gasteiger partial charge in [-0.15, -0.1) is 11.8 Å². The first kappa shape index (κ1) is 19.5. The number of carbonyl (C=O) groups is 1. The van der Waals surface area contributed by atoms with Gasteiger partial charge in [-0.3, -0.25) is 4.79 Å². The maximum Gasteiger partial charge on any atom is 0.221 e. The van der Waals surface area contributed by atoms with Gasteiger partial charge in [0, 0.05) is 23.3 Å². The van der Waals surface area contributed by atoms with Gasteiger partial charge in [0.25, 0.3) is 0 Å². The largest absolute Gasteiger partial charge is 0.350 e. The summed E-state index contributed by atoms with van der Waals surface area (Å²) in [5, 5.41) is 2.89. The van der Waals surface area contributed by atoms with E-state index < -0.39 is 9.84 Å². The lowest BCUT2D eigenvalue weighted by atomic mass is 10.1. The molecule has 7 heteroatoms. The summed E-state index contributed by atoms with van der Waals surface area (Å²) in [7, 11) is -3.22. The number of amides is 1. The quantitative estimate of drug-likeness (QED) is 0.745. The van der Waals surface area contributed by atoms with Gasteiger partial charge in [0.2, 0.25) is 5.91 Å². The van der Waals surface area contributed by atoms with Gasteiger partial charge in [0.05, 0.1) is 10.9 Å². The fourth-order valence-electron chi connectivity index (χ4n) is 2.19. The second-order valence-electron chi connectivity index (χ2n) is 5.68. The van der Waals surface area contributed by atoms with Crippen LogP contribution in [0.25, 0.3) is 0 Å². The van der Waals surface area contributed by atoms with Crippen LogP contribution in [0.4, 0.5) is 4.39 Å². The zero-order valence-electron chi connectivity index (χ0n) is 14.0. The molecular formula is C18H20FNO3S2. The monoisotopic (exact) mass is 381 g/mol. The van der Waals surface area contributed by atoms with Crippen LogP contribution in [0.1, 0.15) is 24.9 Å². The van der Waals surface area contributed by atoms with Crippen LogP contribution in [0, 0.1) is 5.82 Å². The fraction of sp³-hybridized carbons (Fsp3) is 0.278. The second-order valence-corrected chi connectivity index (χ2v) is 8.87. The Morgan fingerprint density at radius 1 is 1.12 bits per heavy atom. The Kier molecular flexibility index (Phi) is 6.61. The molecule has 0 fully saturated rings. The molecule has 25 heavy (non-hydrogen) atoms. The van der Waals surface area contributed by atoms with E-state index in [9.17, 15) is 17.6 Å². The van der Waals surface area contributed by atoms with E-state index in [1.165, 1.54) is 36.0 Å². The van der Waals surface area contributed by atoms with Gasteiger partial charge >= 0.3 is 0 Å². The van der Waals surface area contributed by atoms with Crippen molar-refractivity contribution in [2.24, 2.45) is 0 Å². The molecule has 0 aliphatic carbocycles. The number of halogens is 1. The number of carbonyl (C=O) groups excluding carboxylic acids is 1. The third-order valence-corrected chi connectivity index (χ3v) is 5.74. The summed E-state index contributed by atoms with van der Waals surface area (Å²) in [6, 6.07) is 12.4. The predicted molar refractivity (Wildman–Crippen MR) is 97.9 cm³/mol. The Bertz CT molecular complexity index is 818. The number of sulfone groups is 1. The number of thioether (sulfide) groups is 1. The first-order chi connectivity index (χ1) is 11.8. The molecule has 0 bridgehead atoms. The number of rotatable bonds is 7. The van der Waals surface area contributed by atoms with Crippen molar-refractivity contribution < 1.29 is 17.6 Å². The zero-order chi connectivity index (χ0) is 18.4. The van der Waals surface area contributed by atoms with Gasteiger partial charge in [0.15, 0.2) is 9.84 Å². The van der Waals surface area contributed by atoms with E-state index in [-0.39, 0.29) is 22.7 Å². The molecule has 134 valence electrons. The molecule has 1 unspecified atom stereocenters. The van der Waals surface area contributed by atoms with Gasteiger partial charge in [-0.1, -0.05) is 12.1 Å². The van der Waals surface area contributed by atoms with Crippen molar-refractivity contribution >= 4 is 27.5 Å². The van der Waals surface area contributed by atoms with Crippen LogP contribution < -0.4 is 5.32 Å². The number of hydrogen-bond donors (Lipinski definition) is 1. The van der Waals surface area contributed by atoms with E-state index in [0.29, 0.717) is 12.2 Å². The average Bonchev–Trinajstić information content (AvgIpc) is 2.56. The van der Waals surface area contributed by atoms with Crippen molar-refractivity contribution in [3.8, 4) is 0 Å². The van der Waals surface area contributed by atoms with Crippen LogP contribution in [0.3, 0.4) is 0 Å². The van der Waals surface area contributed by atoms with E-state index >= 15 is 0 Å². The smallest absolute Gasteiger partial charge is 0.221 e. The molecule has 2 rings (SSSR count). The van der Waals surface area contributed by atoms with Crippen LogP contribution in [0.2, 0.25) is 0 Å². The van der Waals surface area contributed by atoms with Gasteiger partial charge in [-0.25, -0.2) is 12.8 Å². The molecule has 0 radical (unpaired) electrons. The Morgan fingerprint density at radius 3 is 2.28 bits per heavy atom. The highest BCUT2D eigenvalue weighted by Crippen LogP contribution is 2.20. The first-order valence-electron chi connectivity index (χ1n) is 7.73. The molecule has 0 saturated carbocycles. The lowest BCUT2D eigenvalue weighted by Crippen LogP contribution is -2.26. The van der Waals surface area contributed by atoms with Crippen LogP contribution in [-0.4, -0.2) is 26.3 Å². The van der Waals surface area contributed by atoms with Crippen molar-refractivity contribution in [2.75, 3.05) is 12.0 Å². The molecule has 0 aromatic heterocycles. The molecule has 0 aliphatic rings. The minimum atomic E-state index is -3.22. The highest BCUT2D eigenvalue weighted by molar-refractivity contribution is 7.99. The minimum Gasteiger partial charge on any atom is -0.350 e. The summed E-state index contributed by atoms with van der Waals surface area (Å²) in [6.07, 6.45) is 1.50. The van der Waals surface area contributed by atoms with Crippen molar-refractivity contribution in [3.63, 3.8) is 0 Å².